The van der Waals surface area contributed by atoms with Crippen LogP contribution >= 0.6 is 17.0 Å². The van der Waals surface area contributed by atoms with Gasteiger partial charge in [-0.05, 0) is 92.4 Å². The molecule has 0 saturated heterocycles. The minimum atomic E-state index is -0.826. The molecule has 3 heteroatoms. The van der Waals surface area contributed by atoms with Crippen molar-refractivity contribution < 1.29 is 20.8 Å². The second-order valence-corrected chi connectivity index (χ2v) is 13.8. The number of hydrogen-bond donors (Lipinski definition) is 0. The fourth-order valence-electron chi connectivity index (χ4n) is 6.28. The van der Waals surface area contributed by atoms with Gasteiger partial charge < -0.3 is 14.9 Å². The average molecular weight is 605 g/mol. The van der Waals surface area contributed by atoms with Crippen molar-refractivity contribution in [1.82, 2.24) is 0 Å². The number of fused-ring (bicyclic) bond motifs is 2. The third-order valence-corrected chi connectivity index (χ3v) is 7.90. The van der Waals surface area contributed by atoms with Crippen molar-refractivity contribution in [3.05, 3.63) is 112 Å². The summed E-state index contributed by atoms with van der Waals surface area (Å²) in [5.74, 6) is 5.20. The maximum atomic E-state index is 4.93. The van der Waals surface area contributed by atoms with Gasteiger partial charge in [-0.25, -0.2) is 0 Å². The predicted molar refractivity (Wildman–Crippen MR) is 159 cm³/mol. The normalized spacial score (nSPS) is 28.1. The molecule has 0 bridgehead atoms. The van der Waals surface area contributed by atoms with Crippen LogP contribution < -0.4 is 0 Å². The standard InChI is InChI=1S/C16H18.C15H22.2CH3.2ClH.Zr/c1-2-6-13(7-3-1)10-14-11-15-8-4-5-9-16(15)12-14;1-2-3-4-5-8-13-11-12-14-9-6-7-10-15(13)14;;;;;/h1-9,14-16H,10-12H2;2,6-7,9-10,13-15H,1,3-5,8,11-12H2;2*1H3;2*1H;/q;;2*-1;;;+4/p-2. The van der Waals surface area contributed by atoms with Crippen LogP contribution in [0.5, 0.6) is 0 Å². The first kappa shape index (κ1) is 33.4. The summed E-state index contributed by atoms with van der Waals surface area (Å²) >= 11 is -0.826. The van der Waals surface area contributed by atoms with E-state index < -0.39 is 20.8 Å². The van der Waals surface area contributed by atoms with E-state index in [2.05, 4.69) is 85.5 Å². The van der Waals surface area contributed by atoms with E-state index in [-0.39, 0.29) is 14.9 Å². The molecule has 196 valence electrons. The Morgan fingerprint density at radius 2 is 1.39 bits per heavy atom. The Morgan fingerprint density at radius 3 is 2.00 bits per heavy atom. The van der Waals surface area contributed by atoms with Gasteiger partial charge in [0.1, 0.15) is 0 Å². The fraction of sp³-hybridized carbons (Fsp3) is 0.455. The summed E-state index contributed by atoms with van der Waals surface area (Å²) in [4.78, 5) is 0. The quantitative estimate of drug-likeness (QED) is 0.165. The molecular formula is C33H46Cl2Zr. The van der Waals surface area contributed by atoms with Crippen LogP contribution in [0.4, 0.5) is 0 Å². The Bertz CT molecular complexity index is 805. The topological polar surface area (TPSA) is 0 Å². The molecule has 0 aliphatic heterocycles. The number of hydrogen-bond acceptors (Lipinski definition) is 0. The SMILES string of the molecule is C1=CC2CC(Cc3ccccc3)CC2C=C1.C=CCCCCC1CCC2C=CC=CC21.[CH3-].[CH3-].[Cl][Zr+2][Cl]. The van der Waals surface area contributed by atoms with E-state index in [0.29, 0.717) is 0 Å². The Labute approximate surface area is 241 Å². The Hall–Kier alpha value is -0.617. The van der Waals surface area contributed by atoms with Crippen molar-refractivity contribution in [2.75, 3.05) is 0 Å². The summed E-state index contributed by atoms with van der Waals surface area (Å²) in [6.07, 6.45) is 32.8. The third-order valence-electron chi connectivity index (χ3n) is 7.90. The first-order valence-electron chi connectivity index (χ1n) is 13.1. The molecule has 4 aliphatic carbocycles. The van der Waals surface area contributed by atoms with Crippen molar-refractivity contribution in [1.29, 1.82) is 0 Å². The van der Waals surface area contributed by atoms with E-state index in [1.807, 2.05) is 6.08 Å². The van der Waals surface area contributed by atoms with Crippen LogP contribution in [-0.2, 0) is 27.3 Å². The molecule has 5 unspecified atom stereocenters. The van der Waals surface area contributed by atoms with Crippen molar-refractivity contribution in [3.8, 4) is 0 Å². The van der Waals surface area contributed by atoms with E-state index >= 15 is 0 Å². The first-order chi connectivity index (χ1) is 16.7. The molecule has 0 aromatic heterocycles. The molecule has 5 rings (SSSR count). The Balaban J connectivity index is 0.000000310. The molecule has 1 aromatic rings. The number of allylic oxidation sites excluding steroid dienone is 9. The summed E-state index contributed by atoms with van der Waals surface area (Å²) in [6, 6.07) is 10.9. The molecule has 0 amide bonds. The fourth-order valence-corrected chi connectivity index (χ4v) is 6.28. The van der Waals surface area contributed by atoms with Crippen molar-refractivity contribution in [2.45, 2.75) is 57.8 Å². The maximum absolute atomic E-state index is 4.93. The van der Waals surface area contributed by atoms with Gasteiger partial charge in [0.05, 0.1) is 0 Å². The van der Waals surface area contributed by atoms with Crippen molar-refractivity contribution in [2.24, 2.45) is 35.5 Å². The molecule has 0 heterocycles. The molecule has 4 aliphatic rings. The van der Waals surface area contributed by atoms with E-state index in [1.54, 1.807) is 0 Å². The summed E-state index contributed by atoms with van der Waals surface area (Å²) in [6.45, 7) is 3.78. The van der Waals surface area contributed by atoms with Gasteiger partial charge in [0, 0.05) is 0 Å². The molecule has 2 saturated carbocycles. The molecular weight excluding hydrogens is 558 g/mol. The predicted octanol–water partition coefficient (Wildman–Crippen LogP) is 10.8. The first-order valence-corrected chi connectivity index (χ1v) is 19.4. The van der Waals surface area contributed by atoms with Gasteiger partial charge >= 0.3 is 37.9 Å². The number of benzene rings is 1. The summed E-state index contributed by atoms with van der Waals surface area (Å²) < 4.78 is 0. The molecule has 2 fully saturated rings. The van der Waals surface area contributed by atoms with Crippen LogP contribution in [-0.4, -0.2) is 0 Å². The van der Waals surface area contributed by atoms with Crippen LogP contribution in [0, 0.1) is 50.4 Å². The molecule has 1 aromatic carbocycles. The van der Waals surface area contributed by atoms with Gasteiger partial charge in [-0.2, -0.15) is 0 Å². The summed E-state index contributed by atoms with van der Waals surface area (Å²) in [7, 11) is 9.87. The second kappa shape index (κ2) is 19.5. The van der Waals surface area contributed by atoms with Crippen molar-refractivity contribution >= 4 is 17.0 Å². The van der Waals surface area contributed by atoms with Crippen LogP contribution in [0.2, 0.25) is 0 Å². The average Bonchev–Trinajstić information content (AvgIpc) is 3.47. The summed E-state index contributed by atoms with van der Waals surface area (Å²) in [5.41, 5.74) is 1.50. The van der Waals surface area contributed by atoms with E-state index in [1.165, 1.54) is 63.4 Å². The zero-order chi connectivity index (χ0) is 24.0. The number of rotatable bonds is 7. The molecule has 0 N–H and O–H groups in total. The van der Waals surface area contributed by atoms with Crippen LogP contribution in [0.25, 0.3) is 0 Å². The zero-order valence-electron chi connectivity index (χ0n) is 22.4. The van der Waals surface area contributed by atoms with Crippen molar-refractivity contribution in [3.63, 3.8) is 0 Å². The zero-order valence-corrected chi connectivity index (χ0v) is 26.3. The molecule has 5 atom stereocenters. The van der Waals surface area contributed by atoms with Gasteiger partial charge in [0.15, 0.2) is 0 Å². The van der Waals surface area contributed by atoms with Gasteiger partial charge in [0.2, 0.25) is 0 Å². The van der Waals surface area contributed by atoms with Gasteiger partial charge in [-0.15, -0.1) is 6.58 Å². The second-order valence-electron chi connectivity index (χ2n) is 10.1. The molecule has 0 radical (unpaired) electrons. The summed E-state index contributed by atoms with van der Waals surface area (Å²) in [5, 5.41) is 0. The molecule has 36 heavy (non-hydrogen) atoms. The van der Waals surface area contributed by atoms with Gasteiger partial charge in [-0.1, -0.05) is 91.4 Å². The van der Waals surface area contributed by atoms with Gasteiger partial charge in [0.25, 0.3) is 0 Å². The van der Waals surface area contributed by atoms with Crippen LogP contribution in [0.3, 0.4) is 0 Å². The molecule has 0 nitrogen and oxygen atoms in total. The number of unbranched alkanes of at least 4 members (excludes halogenated alkanes) is 2. The van der Waals surface area contributed by atoms with Crippen LogP contribution in [0.15, 0.2) is 91.6 Å². The van der Waals surface area contributed by atoms with E-state index in [0.717, 1.165) is 35.5 Å². The monoisotopic (exact) mass is 602 g/mol. The van der Waals surface area contributed by atoms with E-state index in [4.69, 9.17) is 17.0 Å². The Kier molecular flexibility index (Phi) is 18.1. The van der Waals surface area contributed by atoms with Gasteiger partial charge in [-0.3, -0.25) is 0 Å². The molecule has 0 spiro atoms. The number of halogens is 2. The minimum absolute atomic E-state index is 0. The Morgan fingerprint density at radius 1 is 0.806 bits per heavy atom. The third kappa shape index (κ3) is 11.0. The van der Waals surface area contributed by atoms with E-state index in [9.17, 15) is 0 Å². The van der Waals surface area contributed by atoms with Crippen LogP contribution in [0.1, 0.15) is 56.9 Å².